The summed E-state index contributed by atoms with van der Waals surface area (Å²) in [4.78, 5) is 10.4. The minimum absolute atomic E-state index is 0.316. The highest BCUT2D eigenvalue weighted by molar-refractivity contribution is 5.67. The molecule has 1 aliphatic rings. The van der Waals surface area contributed by atoms with Gasteiger partial charge >= 0.3 is 5.97 Å². The van der Waals surface area contributed by atoms with E-state index in [0.717, 1.165) is 19.3 Å². The summed E-state index contributed by atoms with van der Waals surface area (Å²) < 4.78 is 0. The molecule has 1 saturated carbocycles. The first-order valence-electron chi connectivity index (χ1n) is 4.08. The number of carboxylic acids is 1. The number of rotatable bonds is 3. The van der Waals surface area contributed by atoms with Gasteiger partial charge in [-0.2, -0.15) is 0 Å². The second kappa shape index (κ2) is 3.56. The summed E-state index contributed by atoms with van der Waals surface area (Å²) in [6, 6.07) is 0. The standard InChI is InChI=1S/C9H14O2/c1-2-7-4-3-5-8(7)6-9(10)11/h2,7-8H,1,3-6H2,(H,10,11)/t7-,8+/m0/s1. The van der Waals surface area contributed by atoms with Gasteiger partial charge in [-0.05, 0) is 24.7 Å². The molecule has 62 valence electrons. The molecule has 0 aromatic rings. The van der Waals surface area contributed by atoms with Gasteiger partial charge in [0.2, 0.25) is 0 Å². The Morgan fingerprint density at radius 2 is 2.36 bits per heavy atom. The van der Waals surface area contributed by atoms with Crippen LogP contribution < -0.4 is 0 Å². The van der Waals surface area contributed by atoms with Crippen LogP contribution in [0.2, 0.25) is 0 Å². The molecule has 2 heteroatoms. The van der Waals surface area contributed by atoms with Gasteiger partial charge in [0.1, 0.15) is 0 Å². The summed E-state index contributed by atoms with van der Waals surface area (Å²) in [5.74, 6) is 0.125. The Morgan fingerprint density at radius 3 is 2.91 bits per heavy atom. The van der Waals surface area contributed by atoms with E-state index in [1.165, 1.54) is 0 Å². The lowest BCUT2D eigenvalue weighted by molar-refractivity contribution is -0.138. The normalized spacial score (nSPS) is 30.2. The third-order valence-electron chi connectivity index (χ3n) is 2.46. The van der Waals surface area contributed by atoms with Crippen molar-refractivity contribution in [3.8, 4) is 0 Å². The van der Waals surface area contributed by atoms with Crippen molar-refractivity contribution in [2.75, 3.05) is 0 Å². The number of hydrogen-bond acceptors (Lipinski definition) is 1. The second-order valence-electron chi connectivity index (χ2n) is 3.19. The molecule has 0 unspecified atom stereocenters. The quantitative estimate of drug-likeness (QED) is 0.632. The molecule has 0 radical (unpaired) electrons. The summed E-state index contributed by atoms with van der Waals surface area (Å²) >= 11 is 0. The molecule has 0 saturated heterocycles. The van der Waals surface area contributed by atoms with Crippen LogP contribution >= 0.6 is 0 Å². The molecule has 2 nitrogen and oxygen atoms in total. The molecule has 0 aliphatic heterocycles. The van der Waals surface area contributed by atoms with E-state index in [9.17, 15) is 4.79 Å². The van der Waals surface area contributed by atoms with Crippen LogP contribution in [-0.2, 0) is 4.79 Å². The lowest BCUT2D eigenvalue weighted by Gasteiger charge is -2.12. The van der Waals surface area contributed by atoms with Crippen LogP contribution in [0.5, 0.6) is 0 Å². The van der Waals surface area contributed by atoms with E-state index in [1.54, 1.807) is 0 Å². The van der Waals surface area contributed by atoms with Crippen molar-refractivity contribution in [2.24, 2.45) is 11.8 Å². The summed E-state index contributed by atoms with van der Waals surface area (Å²) in [6.07, 6.45) is 5.57. The number of carbonyl (C=O) groups is 1. The Hall–Kier alpha value is -0.790. The van der Waals surface area contributed by atoms with Gasteiger partial charge in [-0.1, -0.05) is 12.5 Å². The second-order valence-corrected chi connectivity index (χ2v) is 3.19. The van der Waals surface area contributed by atoms with Crippen molar-refractivity contribution in [3.63, 3.8) is 0 Å². The fourth-order valence-electron chi connectivity index (χ4n) is 1.85. The zero-order chi connectivity index (χ0) is 8.27. The van der Waals surface area contributed by atoms with Crippen molar-refractivity contribution in [3.05, 3.63) is 12.7 Å². The van der Waals surface area contributed by atoms with E-state index >= 15 is 0 Å². The zero-order valence-corrected chi connectivity index (χ0v) is 6.62. The predicted molar refractivity (Wildman–Crippen MR) is 43.3 cm³/mol. The topological polar surface area (TPSA) is 37.3 Å². The first-order chi connectivity index (χ1) is 5.24. The van der Waals surface area contributed by atoms with Crippen LogP contribution in [0.4, 0.5) is 0 Å². The van der Waals surface area contributed by atoms with Crippen LogP contribution in [-0.4, -0.2) is 11.1 Å². The van der Waals surface area contributed by atoms with Gasteiger partial charge in [0.05, 0.1) is 0 Å². The van der Waals surface area contributed by atoms with Crippen LogP contribution in [0, 0.1) is 11.8 Å². The molecule has 0 aromatic heterocycles. The first kappa shape index (κ1) is 8.31. The van der Waals surface area contributed by atoms with Crippen LogP contribution in [0.3, 0.4) is 0 Å². The summed E-state index contributed by atoms with van der Waals surface area (Å²) in [6.45, 7) is 3.71. The SMILES string of the molecule is C=C[C@H]1CCC[C@@H]1CC(=O)O. The summed E-state index contributed by atoms with van der Waals surface area (Å²) in [5, 5.41) is 8.55. The van der Waals surface area contributed by atoms with Gasteiger partial charge in [-0.25, -0.2) is 0 Å². The lowest BCUT2D eigenvalue weighted by Crippen LogP contribution is -2.10. The van der Waals surface area contributed by atoms with Gasteiger partial charge in [-0.15, -0.1) is 6.58 Å². The molecular weight excluding hydrogens is 140 g/mol. The van der Waals surface area contributed by atoms with Crippen molar-refractivity contribution in [2.45, 2.75) is 25.7 Å². The maximum atomic E-state index is 10.4. The predicted octanol–water partition coefficient (Wildman–Crippen LogP) is 2.06. The Kier molecular flexibility index (Phi) is 2.69. The summed E-state index contributed by atoms with van der Waals surface area (Å²) in [7, 11) is 0. The van der Waals surface area contributed by atoms with Crippen LogP contribution in [0.15, 0.2) is 12.7 Å². The highest BCUT2D eigenvalue weighted by Gasteiger charge is 2.26. The number of hydrogen-bond donors (Lipinski definition) is 1. The molecule has 0 aromatic carbocycles. The van der Waals surface area contributed by atoms with E-state index in [-0.39, 0.29) is 0 Å². The summed E-state index contributed by atoms with van der Waals surface area (Å²) in [5.41, 5.74) is 0. The maximum absolute atomic E-state index is 10.4. The van der Waals surface area contributed by atoms with Gasteiger partial charge in [0.25, 0.3) is 0 Å². The molecule has 1 N–H and O–H groups in total. The van der Waals surface area contributed by atoms with E-state index in [2.05, 4.69) is 6.58 Å². The Morgan fingerprint density at radius 1 is 1.64 bits per heavy atom. The third-order valence-corrected chi connectivity index (χ3v) is 2.46. The molecule has 0 spiro atoms. The van der Waals surface area contributed by atoms with Gasteiger partial charge in [0, 0.05) is 6.42 Å². The number of aliphatic carboxylic acids is 1. The van der Waals surface area contributed by atoms with Crippen molar-refractivity contribution in [1.29, 1.82) is 0 Å². The molecule has 0 heterocycles. The minimum Gasteiger partial charge on any atom is -0.481 e. The Labute approximate surface area is 66.9 Å². The van der Waals surface area contributed by atoms with Crippen molar-refractivity contribution < 1.29 is 9.90 Å². The fraction of sp³-hybridized carbons (Fsp3) is 0.667. The molecule has 1 aliphatic carbocycles. The van der Waals surface area contributed by atoms with Gasteiger partial charge in [-0.3, -0.25) is 4.79 Å². The largest absolute Gasteiger partial charge is 0.481 e. The highest BCUT2D eigenvalue weighted by Crippen LogP contribution is 2.34. The molecule has 0 bridgehead atoms. The molecule has 2 atom stereocenters. The third kappa shape index (κ3) is 2.07. The van der Waals surface area contributed by atoms with E-state index in [4.69, 9.17) is 5.11 Å². The lowest BCUT2D eigenvalue weighted by atomic mass is 9.93. The minimum atomic E-state index is -0.677. The van der Waals surface area contributed by atoms with Crippen molar-refractivity contribution >= 4 is 5.97 Å². The van der Waals surface area contributed by atoms with Crippen molar-refractivity contribution in [1.82, 2.24) is 0 Å². The van der Waals surface area contributed by atoms with Crippen LogP contribution in [0.25, 0.3) is 0 Å². The number of allylic oxidation sites excluding steroid dienone is 1. The first-order valence-corrected chi connectivity index (χ1v) is 4.08. The fourth-order valence-corrected chi connectivity index (χ4v) is 1.85. The Bertz CT molecular complexity index is 163. The van der Waals surface area contributed by atoms with Crippen LogP contribution in [0.1, 0.15) is 25.7 Å². The van der Waals surface area contributed by atoms with Gasteiger partial charge < -0.3 is 5.11 Å². The van der Waals surface area contributed by atoms with E-state index in [1.807, 2.05) is 6.08 Å². The molecule has 11 heavy (non-hydrogen) atoms. The molecule has 1 rings (SSSR count). The average Bonchev–Trinajstić information content (AvgIpc) is 2.34. The number of carboxylic acid groups (broad SMARTS) is 1. The van der Waals surface area contributed by atoms with E-state index < -0.39 is 5.97 Å². The Balaban J connectivity index is 2.43. The maximum Gasteiger partial charge on any atom is 0.303 e. The zero-order valence-electron chi connectivity index (χ0n) is 6.62. The van der Waals surface area contributed by atoms with E-state index in [0.29, 0.717) is 18.3 Å². The average molecular weight is 154 g/mol. The molecular formula is C9H14O2. The van der Waals surface area contributed by atoms with Gasteiger partial charge in [0.15, 0.2) is 0 Å². The highest BCUT2D eigenvalue weighted by atomic mass is 16.4. The smallest absolute Gasteiger partial charge is 0.303 e. The molecule has 0 amide bonds. The molecule has 1 fully saturated rings. The monoisotopic (exact) mass is 154 g/mol.